The summed E-state index contributed by atoms with van der Waals surface area (Å²) in [6.45, 7) is 0. The second-order valence-electron chi connectivity index (χ2n) is 6.47. The van der Waals surface area contributed by atoms with E-state index in [0.717, 1.165) is 6.42 Å². The molecule has 3 aromatic carbocycles. The second kappa shape index (κ2) is 5.68. The highest BCUT2D eigenvalue weighted by Gasteiger charge is 2.43. The Morgan fingerprint density at radius 2 is 1.42 bits per heavy atom. The first-order valence-electron chi connectivity index (χ1n) is 8.54. The van der Waals surface area contributed by atoms with Crippen molar-refractivity contribution in [2.75, 3.05) is 5.75 Å². The fraction of sp³-hybridized carbons (Fsp3) is 0.130. The molecule has 24 heavy (non-hydrogen) atoms. The fourth-order valence-electron chi connectivity index (χ4n) is 4.03. The van der Waals surface area contributed by atoms with Gasteiger partial charge in [-0.3, -0.25) is 0 Å². The largest absolute Gasteiger partial charge is 0.163 e. The van der Waals surface area contributed by atoms with Crippen LogP contribution in [0.3, 0.4) is 0 Å². The maximum Gasteiger partial charge on any atom is 0.163 e. The van der Waals surface area contributed by atoms with Crippen molar-refractivity contribution in [1.29, 1.82) is 0 Å². The van der Waals surface area contributed by atoms with E-state index in [0.29, 0.717) is 16.1 Å². The van der Waals surface area contributed by atoms with Gasteiger partial charge in [-0.15, -0.1) is 0 Å². The molecule has 3 aromatic rings. The second-order valence-corrected chi connectivity index (χ2v) is 8.67. The molecule has 0 nitrogen and oxygen atoms in total. The molecule has 0 bridgehead atoms. The van der Waals surface area contributed by atoms with Crippen LogP contribution >= 0.6 is 0 Å². The minimum atomic E-state index is 0.290. The van der Waals surface area contributed by atoms with Gasteiger partial charge in [0.2, 0.25) is 0 Å². The predicted octanol–water partition coefficient (Wildman–Crippen LogP) is 5.87. The lowest BCUT2D eigenvalue weighted by atomic mass is 9.92. The van der Waals surface area contributed by atoms with E-state index >= 15 is 0 Å². The molecule has 0 saturated heterocycles. The molecule has 0 saturated carbocycles. The summed E-state index contributed by atoms with van der Waals surface area (Å²) in [4.78, 5) is 1.56. The molecule has 0 fully saturated rings. The minimum absolute atomic E-state index is 0.290. The molecule has 0 amide bonds. The molecule has 0 radical (unpaired) electrons. The molecule has 2 aliphatic heterocycles. The van der Waals surface area contributed by atoms with Crippen LogP contribution in [0, 0.1) is 0 Å². The molecule has 2 atom stereocenters. The Bertz CT molecular complexity index is 924. The standard InChI is InChI=1S/C23H19S/c1-2-8-17(9-3-1)18-14-15-24-22-13-7-6-11-20(22)19-10-4-5-12-21(19)23(24)16-18/h1-14,23H,15-16H2/q+1. The van der Waals surface area contributed by atoms with Crippen molar-refractivity contribution in [3.05, 3.63) is 96.1 Å². The van der Waals surface area contributed by atoms with Crippen LogP contribution in [-0.2, 0) is 10.9 Å². The van der Waals surface area contributed by atoms with Crippen molar-refractivity contribution in [3.8, 4) is 11.1 Å². The van der Waals surface area contributed by atoms with E-state index in [2.05, 4.69) is 84.9 Å². The SMILES string of the molecule is C1=C(c2ccccc2)CC2c3ccccc3-c3ccccc3[S+]2C1. The van der Waals surface area contributed by atoms with Crippen molar-refractivity contribution in [1.82, 2.24) is 0 Å². The molecule has 116 valence electrons. The van der Waals surface area contributed by atoms with Gasteiger partial charge in [0, 0.05) is 28.4 Å². The van der Waals surface area contributed by atoms with E-state index in [9.17, 15) is 0 Å². The summed E-state index contributed by atoms with van der Waals surface area (Å²) < 4.78 is 0. The zero-order valence-corrected chi connectivity index (χ0v) is 14.3. The molecular formula is C23H19S+. The Kier molecular flexibility index (Phi) is 3.34. The average Bonchev–Trinajstić information content (AvgIpc) is 2.68. The molecule has 2 heterocycles. The summed E-state index contributed by atoms with van der Waals surface area (Å²) in [7, 11) is 0.290. The van der Waals surface area contributed by atoms with E-state index in [1.165, 1.54) is 28.0 Å². The van der Waals surface area contributed by atoms with E-state index in [1.807, 2.05) is 0 Å². The maximum absolute atomic E-state index is 2.49. The molecule has 0 aromatic heterocycles. The van der Waals surface area contributed by atoms with Gasteiger partial charge in [0.25, 0.3) is 0 Å². The third-order valence-electron chi connectivity index (χ3n) is 5.17. The molecule has 0 spiro atoms. The van der Waals surface area contributed by atoms with Gasteiger partial charge >= 0.3 is 0 Å². The van der Waals surface area contributed by atoms with Crippen LogP contribution in [0.5, 0.6) is 0 Å². The van der Waals surface area contributed by atoms with E-state index < -0.39 is 0 Å². The van der Waals surface area contributed by atoms with Gasteiger partial charge in [-0.1, -0.05) is 66.7 Å². The Balaban J connectivity index is 1.65. The van der Waals surface area contributed by atoms with Crippen molar-refractivity contribution in [3.63, 3.8) is 0 Å². The Hall–Kier alpha value is -2.25. The van der Waals surface area contributed by atoms with Gasteiger partial charge in [0.05, 0.1) is 0 Å². The zero-order chi connectivity index (χ0) is 15.9. The van der Waals surface area contributed by atoms with Crippen LogP contribution in [0.2, 0.25) is 0 Å². The highest BCUT2D eigenvalue weighted by Crippen LogP contribution is 2.50. The smallest absolute Gasteiger partial charge is 0.0622 e. The van der Waals surface area contributed by atoms with Crippen LogP contribution in [0.4, 0.5) is 0 Å². The minimum Gasteiger partial charge on any atom is -0.0622 e. The summed E-state index contributed by atoms with van der Waals surface area (Å²) in [5.41, 5.74) is 7.33. The van der Waals surface area contributed by atoms with Gasteiger partial charge < -0.3 is 0 Å². The molecule has 1 heteroatoms. The third-order valence-corrected chi connectivity index (χ3v) is 7.72. The van der Waals surface area contributed by atoms with Gasteiger partial charge in [0.1, 0.15) is 5.75 Å². The molecule has 0 aliphatic carbocycles. The normalized spacial score (nSPS) is 21.2. The average molecular weight is 327 g/mol. The molecule has 2 aliphatic rings. The van der Waals surface area contributed by atoms with Gasteiger partial charge in [-0.2, -0.15) is 0 Å². The summed E-state index contributed by atoms with van der Waals surface area (Å²) in [6.07, 6.45) is 3.64. The van der Waals surface area contributed by atoms with E-state index in [-0.39, 0.29) is 0 Å². The third kappa shape index (κ3) is 2.16. The van der Waals surface area contributed by atoms with Gasteiger partial charge in [-0.25, -0.2) is 0 Å². The first-order chi connectivity index (χ1) is 11.9. The van der Waals surface area contributed by atoms with Crippen molar-refractivity contribution in [2.24, 2.45) is 0 Å². The van der Waals surface area contributed by atoms with Crippen LogP contribution < -0.4 is 0 Å². The number of hydrogen-bond acceptors (Lipinski definition) is 0. The highest BCUT2D eigenvalue weighted by atomic mass is 32.2. The Labute approximate surface area is 146 Å². The van der Waals surface area contributed by atoms with Crippen molar-refractivity contribution >= 4 is 16.5 Å². The van der Waals surface area contributed by atoms with Gasteiger partial charge in [-0.05, 0) is 34.9 Å². The summed E-state index contributed by atoms with van der Waals surface area (Å²) in [6, 6.07) is 28.9. The maximum atomic E-state index is 2.49. The quantitative estimate of drug-likeness (QED) is 0.490. The number of hydrogen-bond donors (Lipinski definition) is 0. The van der Waals surface area contributed by atoms with Gasteiger partial charge in [0.15, 0.2) is 10.1 Å². The topological polar surface area (TPSA) is 0 Å². The lowest BCUT2D eigenvalue weighted by Crippen LogP contribution is -2.25. The summed E-state index contributed by atoms with van der Waals surface area (Å²) >= 11 is 0. The van der Waals surface area contributed by atoms with Crippen molar-refractivity contribution in [2.45, 2.75) is 16.6 Å². The molecular weight excluding hydrogens is 308 g/mol. The van der Waals surface area contributed by atoms with E-state index in [1.54, 1.807) is 10.5 Å². The van der Waals surface area contributed by atoms with Crippen molar-refractivity contribution < 1.29 is 0 Å². The van der Waals surface area contributed by atoms with Crippen LogP contribution in [-0.4, -0.2) is 5.75 Å². The number of rotatable bonds is 1. The van der Waals surface area contributed by atoms with Crippen LogP contribution in [0.1, 0.15) is 22.8 Å². The Morgan fingerprint density at radius 3 is 2.29 bits per heavy atom. The Morgan fingerprint density at radius 1 is 0.708 bits per heavy atom. The lowest BCUT2D eigenvalue weighted by Gasteiger charge is -2.31. The summed E-state index contributed by atoms with van der Waals surface area (Å²) in [5.74, 6) is 1.17. The van der Waals surface area contributed by atoms with E-state index in [4.69, 9.17) is 0 Å². The number of allylic oxidation sites excluding steroid dienone is 1. The predicted molar refractivity (Wildman–Crippen MR) is 104 cm³/mol. The summed E-state index contributed by atoms with van der Waals surface area (Å²) in [5, 5.41) is 0.622. The molecule has 0 N–H and O–H groups in total. The number of benzene rings is 3. The molecule has 2 unspecified atom stereocenters. The first kappa shape index (κ1) is 14.1. The molecule has 5 rings (SSSR count). The first-order valence-corrected chi connectivity index (χ1v) is 10.00. The number of fused-ring (bicyclic) bond motifs is 6. The van der Waals surface area contributed by atoms with Crippen LogP contribution in [0.15, 0.2) is 89.8 Å². The fourth-order valence-corrected chi connectivity index (χ4v) is 6.73. The zero-order valence-electron chi connectivity index (χ0n) is 13.5. The monoisotopic (exact) mass is 327 g/mol. The lowest BCUT2D eigenvalue weighted by molar-refractivity contribution is 0.947. The van der Waals surface area contributed by atoms with Crippen LogP contribution in [0.25, 0.3) is 16.7 Å². The highest BCUT2D eigenvalue weighted by molar-refractivity contribution is 7.97.